The number of amides is 1. The summed E-state index contributed by atoms with van der Waals surface area (Å²) < 4.78 is 10.9. The second kappa shape index (κ2) is 8.98. The number of carbonyl (C=O) groups is 1. The minimum Gasteiger partial charge on any atom is -0.497 e. The predicted molar refractivity (Wildman–Crippen MR) is 119 cm³/mol. The van der Waals surface area contributed by atoms with Gasteiger partial charge in [-0.3, -0.25) is 4.79 Å². The van der Waals surface area contributed by atoms with Gasteiger partial charge in [0.2, 0.25) is 0 Å². The van der Waals surface area contributed by atoms with E-state index in [1.54, 1.807) is 7.11 Å². The Hall–Kier alpha value is -2.70. The third kappa shape index (κ3) is 4.25. The van der Waals surface area contributed by atoms with Crippen LogP contribution in [0.25, 0.3) is 11.3 Å². The van der Waals surface area contributed by atoms with Gasteiger partial charge in [0.15, 0.2) is 0 Å². The number of thiazole rings is 1. The molecule has 2 heterocycles. The van der Waals surface area contributed by atoms with Crippen LogP contribution in [0.15, 0.2) is 54.6 Å². The molecule has 0 atom stereocenters. The van der Waals surface area contributed by atoms with E-state index < -0.39 is 0 Å². The van der Waals surface area contributed by atoms with E-state index in [2.05, 4.69) is 22.4 Å². The zero-order valence-electron chi connectivity index (χ0n) is 17.3. The molecule has 0 spiro atoms. The summed E-state index contributed by atoms with van der Waals surface area (Å²) in [6, 6.07) is 18.0. The minimum atomic E-state index is -0.146. The van der Waals surface area contributed by atoms with Crippen LogP contribution in [-0.4, -0.2) is 37.8 Å². The van der Waals surface area contributed by atoms with E-state index >= 15 is 0 Å². The van der Waals surface area contributed by atoms with Crippen molar-refractivity contribution in [1.29, 1.82) is 0 Å². The van der Waals surface area contributed by atoms with Crippen molar-refractivity contribution >= 4 is 17.2 Å². The minimum absolute atomic E-state index is 0.0705. The molecule has 0 saturated carbocycles. The number of methoxy groups -OCH3 is 1. The summed E-state index contributed by atoms with van der Waals surface area (Å²) >= 11 is 1.44. The molecule has 0 unspecified atom stereocenters. The van der Waals surface area contributed by atoms with Crippen LogP contribution in [0, 0.1) is 6.92 Å². The summed E-state index contributed by atoms with van der Waals surface area (Å²) in [6.07, 6.45) is 1.74. The van der Waals surface area contributed by atoms with Gasteiger partial charge in [-0.15, -0.1) is 11.3 Å². The predicted octanol–water partition coefficient (Wildman–Crippen LogP) is 4.61. The molecule has 3 aromatic rings. The zero-order chi connectivity index (χ0) is 21.0. The van der Waals surface area contributed by atoms with Crippen molar-refractivity contribution in [2.24, 2.45) is 0 Å². The van der Waals surface area contributed by atoms with Crippen molar-refractivity contribution in [1.82, 2.24) is 10.3 Å². The molecule has 1 aromatic heterocycles. The van der Waals surface area contributed by atoms with Crippen LogP contribution in [0.1, 0.15) is 33.1 Å². The van der Waals surface area contributed by atoms with E-state index in [-0.39, 0.29) is 11.3 Å². The van der Waals surface area contributed by atoms with Gasteiger partial charge in [-0.2, -0.15) is 0 Å². The first-order chi connectivity index (χ1) is 14.6. The number of aromatic nitrogens is 1. The summed E-state index contributed by atoms with van der Waals surface area (Å²) in [4.78, 5) is 18.5. The lowest BCUT2D eigenvalue weighted by Crippen LogP contribution is -2.44. The summed E-state index contributed by atoms with van der Waals surface area (Å²) in [5.41, 5.74) is 2.77. The Bertz CT molecular complexity index is 993. The molecule has 4 rings (SSSR count). The number of nitrogens with one attached hydrogen (secondary N) is 1. The molecule has 6 heteroatoms. The van der Waals surface area contributed by atoms with Crippen molar-refractivity contribution in [2.45, 2.75) is 25.2 Å². The van der Waals surface area contributed by atoms with E-state index in [4.69, 9.17) is 9.47 Å². The maximum absolute atomic E-state index is 13.2. The van der Waals surface area contributed by atoms with Gasteiger partial charge in [0.1, 0.15) is 10.6 Å². The molecule has 1 aliphatic rings. The van der Waals surface area contributed by atoms with Gasteiger partial charge in [0.25, 0.3) is 5.91 Å². The van der Waals surface area contributed by atoms with Gasteiger partial charge in [-0.1, -0.05) is 42.5 Å². The summed E-state index contributed by atoms with van der Waals surface area (Å²) in [7, 11) is 1.67. The van der Waals surface area contributed by atoms with Crippen molar-refractivity contribution in [3.05, 3.63) is 70.0 Å². The van der Waals surface area contributed by atoms with Gasteiger partial charge >= 0.3 is 0 Å². The molecule has 2 aromatic carbocycles. The second-order valence-electron chi connectivity index (χ2n) is 7.58. The molecule has 30 heavy (non-hydrogen) atoms. The fourth-order valence-electron chi connectivity index (χ4n) is 3.98. The molecule has 1 aliphatic heterocycles. The molecular weight excluding hydrogens is 396 g/mol. The van der Waals surface area contributed by atoms with E-state index in [0.29, 0.717) is 24.6 Å². The Morgan fingerprint density at radius 2 is 1.83 bits per heavy atom. The average molecular weight is 423 g/mol. The standard InChI is InChI=1S/C24H26N2O3S/c1-17-26-21(18-6-4-3-5-7-18)22(30-17)23(27)25-16-24(12-14-29-15-13-24)19-8-10-20(28-2)11-9-19/h3-11H,12-16H2,1-2H3,(H,25,27). The highest BCUT2D eigenvalue weighted by atomic mass is 32.1. The number of ether oxygens (including phenoxy) is 2. The highest BCUT2D eigenvalue weighted by Crippen LogP contribution is 2.35. The van der Waals surface area contributed by atoms with Crippen LogP contribution in [0.3, 0.4) is 0 Å². The van der Waals surface area contributed by atoms with Crippen LogP contribution in [0.4, 0.5) is 0 Å². The number of aryl methyl sites for hydroxylation is 1. The first-order valence-electron chi connectivity index (χ1n) is 10.1. The summed E-state index contributed by atoms with van der Waals surface area (Å²) in [6.45, 7) is 3.88. The lowest BCUT2D eigenvalue weighted by atomic mass is 9.74. The topological polar surface area (TPSA) is 60.5 Å². The van der Waals surface area contributed by atoms with E-state index in [0.717, 1.165) is 34.9 Å². The number of hydrogen-bond donors (Lipinski definition) is 1. The van der Waals surface area contributed by atoms with Crippen LogP contribution in [-0.2, 0) is 10.2 Å². The first kappa shape index (κ1) is 20.6. The van der Waals surface area contributed by atoms with Gasteiger partial charge in [-0.05, 0) is 37.5 Å². The van der Waals surface area contributed by atoms with Gasteiger partial charge < -0.3 is 14.8 Å². The van der Waals surface area contributed by atoms with Crippen molar-refractivity contribution in [3.63, 3.8) is 0 Å². The number of rotatable bonds is 6. The average Bonchev–Trinajstić information content (AvgIpc) is 3.20. The molecule has 1 amide bonds. The van der Waals surface area contributed by atoms with Crippen LogP contribution >= 0.6 is 11.3 Å². The molecule has 0 radical (unpaired) electrons. The Balaban J connectivity index is 1.57. The number of nitrogens with zero attached hydrogens (tertiary/aromatic N) is 1. The smallest absolute Gasteiger partial charge is 0.263 e. The van der Waals surface area contributed by atoms with E-state index in [9.17, 15) is 4.79 Å². The highest BCUT2D eigenvalue weighted by Gasteiger charge is 2.35. The molecule has 0 aliphatic carbocycles. The quantitative estimate of drug-likeness (QED) is 0.630. The number of carbonyl (C=O) groups excluding carboxylic acids is 1. The fraction of sp³-hybridized carbons (Fsp3) is 0.333. The van der Waals surface area contributed by atoms with Crippen molar-refractivity contribution in [3.8, 4) is 17.0 Å². The first-order valence-corrected chi connectivity index (χ1v) is 11.0. The highest BCUT2D eigenvalue weighted by molar-refractivity contribution is 7.14. The monoisotopic (exact) mass is 422 g/mol. The molecular formula is C24H26N2O3S. The maximum atomic E-state index is 13.2. The zero-order valence-corrected chi connectivity index (χ0v) is 18.1. The third-order valence-electron chi connectivity index (χ3n) is 5.73. The molecule has 1 saturated heterocycles. The number of benzene rings is 2. The Morgan fingerprint density at radius 1 is 1.13 bits per heavy atom. The fourth-order valence-corrected chi connectivity index (χ4v) is 4.83. The largest absolute Gasteiger partial charge is 0.497 e. The number of hydrogen-bond acceptors (Lipinski definition) is 5. The lowest BCUT2D eigenvalue weighted by Gasteiger charge is -2.38. The summed E-state index contributed by atoms with van der Waals surface area (Å²) in [5, 5.41) is 4.09. The summed E-state index contributed by atoms with van der Waals surface area (Å²) in [5.74, 6) is 0.761. The second-order valence-corrected chi connectivity index (χ2v) is 8.78. The van der Waals surface area contributed by atoms with Crippen LogP contribution in [0.5, 0.6) is 5.75 Å². The SMILES string of the molecule is COc1ccc(C2(CNC(=O)c3sc(C)nc3-c3ccccc3)CCOCC2)cc1. The van der Waals surface area contributed by atoms with Crippen molar-refractivity contribution < 1.29 is 14.3 Å². The van der Waals surface area contributed by atoms with Gasteiger partial charge in [0.05, 0.1) is 17.8 Å². The lowest BCUT2D eigenvalue weighted by molar-refractivity contribution is 0.0487. The Labute approximate surface area is 181 Å². The van der Waals surface area contributed by atoms with Gasteiger partial charge in [0, 0.05) is 30.7 Å². The molecule has 0 bridgehead atoms. The third-order valence-corrected chi connectivity index (χ3v) is 6.70. The maximum Gasteiger partial charge on any atom is 0.263 e. The Morgan fingerprint density at radius 3 is 2.50 bits per heavy atom. The van der Waals surface area contributed by atoms with Gasteiger partial charge in [-0.25, -0.2) is 4.98 Å². The van der Waals surface area contributed by atoms with Crippen LogP contribution < -0.4 is 10.1 Å². The molecule has 5 nitrogen and oxygen atoms in total. The molecule has 156 valence electrons. The van der Waals surface area contributed by atoms with E-state index in [1.807, 2.05) is 49.4 Å². The normalized spacial score (nSPS) is 15.5. The molecule has 1 N–H and O–H groups in total. The molecule has 1 fully saturated rings. The van der Waals surface area contributed by atoms with Crippen LogP contribution in [0.2, 0.25) is 0 Å². The Kier molecular flexibility index (Phi) is 6.16. The van der Waals surface area contributed by atoms with Crippen molar-refractivity contribution in [2.75, 3.05) is 26.9 Å². The van der Waals surface area contributed by atoms with E-state index in [1.165, 1.54) is 16.9 Å².